The van der Waals surface area contributed by atoms with Gasteiger partial charge in [0.2, 0.25) is 0 Å². The number of hydrogen-bond donors (Lipinski definition) is 1. The highest BCUT2D eigenvalue weighted by Crippen LogP contribution is 2.29. The van der Waals surface area contributed by atoms with Crippen LogP contribution in [0.2, 0.25) is 0 Å². The molecular weight excluding hydrogens is 388 g/mol. The maximum absolute atomic E-state index is 12.9. The number of ether oxygens (including phenoxy) is 4. The summed E-state index contributed by atoms with van der Waals surface area (Å²) in [5.74, 6) is 0.410. The summed E-state index contributed by atoms with van der Waals surface area (Å²) in [6.45, 7) is 2.73. The Balaban J connectivity index is 1.95. The summed E-state index contributed by atoms with van der Waals surface area (Å²) in [5, 5.41) is 0. The van der Waals surface area contributed by atoms with Crippen LogP contribution in [0.4, 0.5) is 11.4 Å². The van der Waals surface area contributed by atoms with Crippen molar-refractivity contribution in [3.63, 3.8) is 0 Å². The second kappa shape index (κ2) is 11.7. The van der Waals surface area contributed by atoms with Crippen LogP contribution >= 0.6 is 0 Å². The van der Waals surface area contributed by atoms with Gasteiger partial charge < -0.3 is 29.6 Å². The molecule has 0 heterocycles. The molecule has 2 aromatic rings. The summed E-state index contributed by atoms with van der Waals surface area (Å²) >= 11 is 0. The zero-order valence-electron chi connectivity index (χ0n) is 17.6. The molecule has 30 heavy (non-hydrogen) atoms. The number of nitrogens with zero attached hydrogens (tertiary/aromatic N) is 1. The molecule has 0 aliphatic carbocycles. The second-order valence-electron chi connectivity index (χ2n) is 6.35. The van der Waals surface area contributed by atoms with Crippen molar-refractivity contribution in [2.75, 3.05) is 51.2 Å². The molecule has 1 amide bonds. The summed E-state index contributed by atoms with van der Waals surface area (Å²) < 4.78 is 21.1. The van der Waals surface area contributed by atoms with Crippen LogP contribution in [0.5, 0.6) is 11.5 Å². The van der Waals surface area contributed by atoms with Gasteiger partial charge in [0.15, 0.2) is 0 Å². The Morgan fingerprint density at radius 2 is 1.83 bits per heavy atom. The highest BCUT2D eigenvalue weighted by molar-refractivity contribution is 6.07. The Morgan fingerprint density at radius 3 is 2.57 bits per heavy atom. The summed E-state index contributed by atoms with van der Waals surface area (Å²) in [5.41, 5.74) is 7.37. The fraction of sp³-hybridized carbons (Fsp3) is 0.364. The summed E-state index contributed by atoms with van der Waals surface area (Å²) in [6.07, 6.45) is 0.584. The first kappa shape index (κ1) is 23.0. The van der Waals surface area contributed by atoms with Crippen LogP contribution in [0, 0.1) is 0 Å². The first-order chi connectivity index (χ1) is 14.5. The van der Waals surface area contributed by atoms with E-state index in [1.165, 1.54) is 12.0 Å². The van der Waals surface area contributed by atoms with Crippen molar-refractivity contribution in [2.24, 2.45) is 0 Å². The fourth-order valence-electron chi connectivity index (χ4n) is 2.70. The molecule has 0 saturated heterocycles. The number of nitrogens with two attached hydrogens (primary N) is 1. The zero-order valence-corrected chi connectivity index (χ0v) is 17.6. The number of amides is 1. The average Bonchev–Trinajstić information content (AvgIpc) is 2.76. The van der Waals surface area contributed by atoms with Crippen LogP contribution in [0.25, 0.3) is 0 Å². The van der Waals surface area contributed by atoms with Crippen molar-refractivity contribution in [1.82, 2.24) is 0 Å². The van der Waals surface area contributed by atoms with Crippen LogP contribution in [0.15, 0.2) is 42.5 Å². The summed E-state index contributed by atoms with van der Waals surface area (Å²) in [6, 6.07) is 12.2. The highest BCUT2D eigenvalue weighted by atomic mass is 16.6. The molecule has 0 aliphatic rings. The van der Waals surface area contributed by atoms with Gasteiger partial charge in [-0.05, 0) is 37.3 Å². The molecule has 2 N–H and O–H groups in total. The third kappa shape index (κ3) is 6.38. The Hall–Kier alpha value is -3.26. The van der Waals surface area contributed by atoms with Gasteiger partial charge in [0.25, 0.3) is 5.91 Å². The number of methoxy groups -OCH3 is 1. The third-order valence-corrected chi connectivity index (χ3v) is 4.23. The predicted molar refractivity (Wildman–Crippen MR) is 114 cm³/mol. The molecular formula is C22H28N2O6. The Labute approximate surface area is 176 Å². The van der Waals surface area contributed by atoms with Gasteiger partial charge in [-0.25, -0.2) is 4.79 Å². The van der Waals surface area contributed by atoms with Crippen LogP contribution < -0.4 is 20.1 Å². The third-order valence-electron chi connectivity index (χ3n) is 4.23. The van der Waals surface area contributed by atoms with Gasteiger partial charge in [-0.1, -0.05) is 12.1 Å². The van der Waals surface area contributed by atoms with Gasteiger partial charge in [0.1, 0.15) is 18.1 Å². The van der Waals surface area contributed by atoms with Crippen LogP contribution in [-0.4, -0.2) is 52.5 Å². The van der Waals surface area contributed by atoms with Crippen LogP contribution in [0.3, 0.4) is 0 Å². The monoisotopic (exact) mass is 416 g/mol. The number of rotatable bonds is 11. The molecule has 8 nitrogen and oxygen atoms in total. The first-order valence-corrected chi connectivity index (χ1v) is 9.64. The number of carbonyl (C=O) groups excluding carboxylic acids is 2. The summed E-state index contributed by atoms with van der Waals surface area (Å²) in [7, 11) is 3.18. The van der Waals surface area contributed by atoms with E-state index in [2.05, 4.69) is 0 Å². The molecule has 8 heteroatoms. The lowest BCUT2D eigenvalue weighted by Gasteiger charge is -2.21. The van der Waals surface area contributed by atoms with E-state index >= 15 is 0 Å². The molecule has 0 aromatic heterocycles. The quantitative estimate of drug-likeness (QED) is 0.341. The number of para-hydroxylation sites is 2. The van der Waals surface area contributed by atoms with Crippen LogP contribution in [0.1, 0.15) is 23.7 Å². The minimum Gasteiger partial charge on any atom is -0.495 e. The first-order valence-electron chi connectivity index (χ1n) is 9.64. The van der Waals surface area contributed by atoms with E-state index in [0.29, 0.717) is 54.7 Å². The SMILES string of the molecule is CCOC(=O)COCCCOc1ccccc1N(C)C(=O)c1ccc(N)c(OC)c1. The van der Waals surface area contributed by atoms with E-state index in [9.17, 15) is 9.59 Å². The van der Waals surface area contributed by atoms with Crippen molar-refractivity contribution >= 4 is 23.3 Å². The molecule has 0 bridgehead atoms. The van der Waals surface area contributed by atoms with Crippen molar-refractivity contribution in [3.05, 3.63) is 48.0 Å². The molecule has 0 fully saturated rings. The summed E-state index contributed by atoms with van der Waals surface area (Å²) in [4.78, 5) is 25.7. The van der Waals surface area contributed by atoms with Crippen LogP contribution in [-0.2, 0) is 14.3 Å². The minimum absolute atomic E-state index is 0.0767. The standard InChI is InChI=1S/C22H28N2O6/c1-4-29-21(25)15-28-12-7-13-30-19-9-6-5-8-18(19)24(2)22(26)16-10-11-17(23)20(14-16)27-3/h5-6,8-11,14H,4,7,12-13,15,23H2,1-3H3. The van der Waals surface area contributed by atoms with E-state index in [1.54, 1.807) is 44.3 Å². The number of esters is 1. The predicted octanol–water partition coefficient (Wildman–Crippen LogP) is 2.90. The molecule has 2 aromatic carbocycles. The van der Waals surface area contributed by atoms with E-state index in [4.69, 9.17) is 24.7 Å². The van der Waals surface area contributed by atoms with Crippen molar-refractivity contribution in [1.29, 1.82) is 0 Å². The van der Waals surface area contributed by atoms with E-state index in [1.807, 2.05) is 12.1 Å². The molecule has 0 spiro atoms. The Morgan fingerprint density at radius 1 is 1.07 bits per heavy atom. The van der Waals surface area contributed by atoms with Crippen molar-refractivity contribution in [3.8, 4) is 11.5 Å². The van der Waals surface area contributed by atoms with Crippen molar-refractivity contribution < 1.29 is 28.5 Å². The van der Waals surface area contributed by atoms with Gasteiger partial charge >= 0.3 is 5.97 Å². The van der Waals surface area contributed by atoms with Gasteiger partial charge in [0, 0.05) is 19.0 Å². The number of benzene rings is 2. The Bertz CT molecular complexity index is 855. The minimum atomic E-state index is -0.386. The van der Waals surface area contributed by atoms with Gasteiger partial charge in [-0.2, -0.15) is 0 Å². The van der Waals surface area contributed by atoms with E-state index in [-0.39, 0.29) is 18.5 Å². The van der Waals surface area contributed by atoms with E-state index < -0.39 is 0 Å². The normalized spacial score (nSPS) is 10.4. The molecule has 0 unspecified atom stereocenters. The number of carbonyl (C=O) groups is 2. The number of anilines is 2. The average molecular weight is 416 g/mol. The van der Waals surface area contributed by atoms with Gasteiger partial charge in [0.05, 0.1) is 38.3 Å². The topological polar surface area (TPSA) is 100 Å². The molecule has 0 radical (unpaired) electrons. The maximum atomic E-state index is 12.9. The fourth-order valence-corrected chi connectivity index (χ4v) is 2.70. The molecule has 0 aliphatic heterocycles. The molecule has 2 rings (SSSR count). The number of nitrogen functional groups attached to an aromatic ring is 1. The maximum Gasteiger partial charge on any atom is 0.332 e. The lowest BCUT2D eigenvalue weighted by atomic mass is 10.1. The highest BCUT2D eigenvalue weighted by Gasteiger charge is 2.18. The Kier molecular flexibility index (Phi) is 8.96. The molecule has 0 saturated carbocycles. The largest absolute Gasteiger partial charge is 0.495 e. The van der Waals surface area contributed by atoms with Gasteiger partial charge in [-0.15, -0.1) is 0 Å². The molecule has 0 atom stereocenters. The van der Waals surface area contributed by atoms with Crippen molar-refractivity contribution in [2.45, 2.75) is 13.3 Å². The molecule has 162 valence electrons. The van der Waals surface area contributed by atoms with E-state index in [0.717, 1.165) is 0 Å². The lowest BCUT2D eigenvalue weighted by Crippen LogP contribution is -2.27. The van der Waals surface area contributed by atoms with Gasteiger partial charge in [-0.3, -0.25) is 4.79 Å². The smallest absolute Gasteiger partial charge is 0.332 e. The second-order valence-corrected chi connectivity index (χ2v) is 6.35. The number of hydrogen-bond acceptors (Lipinski definition) is 7. The lowest BCUT2D eigenvalue weighted by molar-refractivity contribution is -0.148. The zero-order chi connectivity index (χ0) is 21.9.